The Balaban J connectivity index is 0.00000114. The Bertz CT molecular complexity index is 842. The van der Waals surface area contributed by atoms with E-state index in [4.69, 9.17) is 14.6 Å². The van der Waals surface area contributed by atoms with Crippen molar-refractivity contribution in [2.24, 2.45) is 0 Å². The molecular formula is C23H28F3NO5. The van der Waals surface area contributed by atoms with E-state index in [1.54, 1.807) is 35.2 Å². The van der Waals surface area contributed by atoms with Crippen LogP contribution in [0.3, 0.4) is 0 Å². The number of hydrogen-bond donors (Lipinski definition) is 1. The summed E-state index contributed by atoms with van der Waals surface area (Å²) in [4.78, 5) is 13.9. The van der Waals surface area contributed by atoms with Crippen molar-refractivity contribution in [3.05, 3.63) is 54.1 Å². The molecule has 1 amide bonds. The van der Waals surface area contributed by atoms with E-state index in [2.05, 4.69) is 18.6 Å². The van der Waals surface area contributed by atoms with Gasteiger partial charge in [-0.3, -0.25) is 4.79 Å². The fourth-order valence-corrected chi connectivity index (χ4v) is 2.91. The highest BCUT2D eigenvalue weighted by Gasteiger charge is 2.33. The van der Waals surface area contributed by atoms with E-state index in [1.807, 2.05) is 0 Å². The van der Waals surface area contributed by atoms with Crippen molar-refractivity contribution < 1.29 is 37.3 Å². The summed E-state index contributed by atoms with van der Waals surface area (Å²) in [6, 6.07) is 12.2. The van der Waals surface area contributed by atoms with Gasteiger partial charge < -0.3 is 24.2 Å². The van der Waals surface area contributed by atoms with Gasteiger partial charge in [-0.25, -0.2) is 0 Å². The SMILES string of the molecule is CCC.O=C(COc1ccc(CO)cc1)N1CCC(Oc2ccccc2OC(F)(F)F)C1. The van der Waals surface area contributed by atoms with Crippen molar-refractivity contribution in [1.29, 1.82) is 0 Å². The number of halogens is 3. The van der Waals surface area contributed by atoms with Gasteiger partial charge in [-0.05, 0) is 29.8 Å². The number of nitrogens with zero attached hydrogens (tertiary/aromatic N) is 1. The number of benzene rings is 2. The van der Waals surface area contributed by atoms with Crippen LogP contribution in [0.2, 0.25) is 0 Å². The fraction of sp³-hybridized carbons (Fsp3) is 0.435. The van der Waals surface area contributed by atoms with Gasteiger partial charge in [0.25, 0.3) is 5.91 Å². The third-order valence-electron chi connectivity index (χ3n) is 4.33. The lowest BCUT2D eigenvalue weighted by atomic mass is 10.2. The number of carbonyl (C=O) groups is 1. The summed E-state index contributed by atoms with van der Waals surface area (Å²) in [7, 11) is 0. The topological polar surface area (TPSA) is 68.2 Å². The van der Waals surface area contributed by atoms with Crippen LogP contribution in [-0.4, -0.2) is 48.1 Å². The highest BCUT2D eigenvalue weighted by Crippen LogP contribution is 2.33. The summed E-state index contributed by atoms with van der Waals surface area (Å²) in [5, 5.41) is 9.02. The largest absolute Gasteiger partial charge is 0.573 e. The molecular weight excluding hydrogens is 427 g/mol. The number of aliphatic hydroxyl groups is 1. The van der Waals surface area contributed by atoms with Gasteiger partial charge in [0.2, 0.25) is 0 Å². The third-order valence-corrected chi connectivity index (χ3v) is 4.33. The second kappa shape index (κ2) is 12.2. The molecule has 1 N–H and O–H groups in total. The zero-order valence-corrected chi connectivity index (χ0v) is 18.1. The number of carbonyl (C=O) groups excluding carboxylic acids is 1. The first-order valence-corrected chi connectivity index (χ1v) is 10.4. The van der Waals surface area contributed by atoms with Crippen LogP contribution >= 0.6 is 0 Å². The number of likely N-dealkylation sites (tertiary alicyclic amines) is 1. The minimum absolute atomic E-state index is 0.0238. The maximum absolute atomic E-state index is 12.5. The second-order valence-electron chi connectivity index (χ2n) is 7.16. The van der Waals surface area contributed by atoms with E-state index in [0.717, 1.165) is 5.56 Å². The Kier molecular flexibility index (Phi) is 9.64. The highest BCUT2D eigenvalue weighted by molar-refractivity contribution is 5.78. The summed E-state index contributed by atoms with van der Waals surface area (Å²) in [5.74, 6) is -0.188. The molecule has 1 aliphatic heterocycles. The minimum Gasteiger partial charge on any atom is -0.485 e. The fourth-order valence-electron chi connectivity index (χ4n) is 2.91. The average Bonchev–Trinajstić information content (AvgIpc) is 3.22. The summed E-state index contributed by atoms with van der Waals surface area (Å²) < 4.78 is 52.6. The summed E-state index contributed by atoms with van der Waals surface area (Å²) in [6.45, 7) is 4.66. The molecule has 176 valence electrons. The zero-order valence-electron chi connectivity index (χ0n) is 18.1. The van der Waals surface area contributed by atoms with Crippen molar-refractivity contribution in [2.75, 3.05) is 19.7 Å². The molecule has 0 saturated carbocycles. The van der Waals surface area contributed by atoms with Gasteiger partial charge in [-0.1, -0.05) is 44.5 Å². The Labute approximate surface area is 185 Å². The maximum Gasteiger partial charge on any atom is 0.573 e. The van der Waals surface area contributed by atoms with Crippen molar-refractivity contribution in [1.82, 2.24) is 4.90 Å². The summed E-state index contributed by atoms with van der Waals surface area (Å²) in [5.41, 5.74) is 0.734. The maximum atomic E-state index is 12.5. The molecule has 1 heterocycles. The predicted octanol–water partition coefficient (Wildman–Crippen LogP) is 4.55. The van der Waals surface area contributed by atoms with Gasteiger partial charge in [0.15, 0.2) is 18.1 Å². The Morgan fingerprint density at radius 2 is 1.72 bits per heavy atom. The number of hydrogen-bond acceptors (Lipinski definition) is 5. The lowest BCUT2D eigenvalue weighted by Gasteiger charge is -2.19. The molecule has 6 nitrogen and oxygen atoms in total. The highest BCUT2D eigenvalue weighted by atomic mass is 19.4. The first-order valence-electron chi connectivity index (χ1n) is 10.4. The zero-order chi connectivity index (χ0) is 23.6. The average molecular weight is 455 g/mol. The predicted molar refractivity (Wildman–Crippen MR) is 113 cm³/mol. The lowest BCUT2D eigenvalue weighted by Crippen LogP contribution is -2.34. The molecule has 0 aliphatic carbocycles. The molecule has 1 saturated heterocycles. The minimum atomic E-state index is -4.82. The molecule has 2 aromatic carbocycles. The van der Waals surface area contributed by atoms with Gasteiger partial charge in [-0.15, -0.1) is 13.2 Å². The Hall–Kier alpha value is -2.94. The molecule has 1 unspecified atom stereocenters. The first kappa shape index (κ1) is 25.3. The third kappa shape index (κ3) is 8.30. The molecule has 9 heteroatoms. The molecule has 0 radical (unpaired) electrons. The van der Waals surface area contributed by atoms with Crippen LogP contribution in [0.5, 0.6) is 17.2 Å². The number of aliphatic hydroxyl groups excluding tert-OH is 1. The molecule has 3 rings (SSSR count). The second-order valence-corrected chi connectivity index (χ2v) is 7.16. The Morgan fingerprint density at radius 3 is 2.31 bits per heavy atom. The molecule has 0 bridgehead atoms. The quantitative estimate of drug-likeness (QED) is 0.663. The van der Waals surface area contributed by atoms with Crippen LogP contribution in [0, 0.1) is 0 Å². The number of ether oxygens (including phenoxy) is 3. The first-order chi connectivity index (χ1) is 15.3. The van der Waals surface area contributed by atoms with Gasteiger partial charge in [0.1, 0.15) is 11.9 Å². The van der Waals surface area contributed by atoms with Gasteiger partial charge >= 0.3 is 6.36 Å². The van der Waals surface area contributed by atoms with Crippen molar-refractivity contribution in [2.45, 2.75) is 45.8 Å². The normalized spacial score (nSPS) is 15.6. The smallest absolute Gasteiger partial charge is 0.485 e. The number of rotatable bonds is 7. The van der Waals surface area contributed by atoms with Crippen LogP contribution in [0.1, 0.15) is 32.3 Å². The van der Waals surface area contributed by atoms with E-state index in [-0.39, 0.29) is 31.4 Å². The van der Waals surface area contributed by atoms with Gasteiger partial charge in [-0.2, -0.15) is 0 Å². The number of amides is 1. The van der Waals surface area contributed by atoms with Crippen molar-refractivity contribution in [3.8, 4) is 17.2 Å². The van der Waals surface area contributed by atoms with Crippen molar-refractivity contribution >= 4 is 5.91 Å². The van der Waals surface area contributed by atoms with Crippen LogP contribution in [-0.2, 0) is 11.4 Å². The molecule has 0 aromatic heterocycles. The van der Waals surface area contributed by atoms with Gasteiger partial charge in [0.05, 0.1) is 13.2 Å². The van der Waals surface area contributed by atoms with E-state index in [0.29, 0.717) is 18.7 Å². The van der Waals surface area contributed by atoms with E-state index < -0.39 is 18.2 Å². The van der Waals surface area contributed by atoms with Crippen molar-refractivity contribution in [3.63, 3.8) is 0 Å². The molecule has 1 fully saturated rings. The number of para-hydroxylation sites is 2. The van der Waals surface area contributed by atoms with E-state index in [1.165, 1.54) is 24.6 Å². The molecule has 1 atom stereocenters. The molecule has 0 spiro atoms. The van der Waals surface area contributed by atoms with Gasteiger partial charge in [0, 0.05) is 13.0 Å². The van der Waals surface area contributed by atoms with E-state index >= 15 is 0 Å². The monoisotopic (exact) mass is 455 g/mol. The van der Waals surface area contributed by atoms with Crippen LogP contribution in [0.25, 0.3) is 0 Å². The summed E-state index contributed by atoms with van der Waals surface area (Å²) in [6.07, 6.45) is -3.53. The van der Waals surface area contributed by atoms with Crippen LogP contribution in [0.4, 0.5) is 13.2 Å². The standard InChI is InChI=1S/C20H20F3NO5.C3H8/c21-20(22,23)29-18-4-2-1-3-17(18)28-16-9-10-24(11-16)19(26)13-27-15-7-5-14(12-25)6-8-15;1-3-2/h1-8,16,25H,9-13H2;3H2,1-2H3. The molecule has 2 aromatic rings. The molecule has 32 heavy (non-hydrogen) atoms. The Morgan fingerprint density at radius 1 is 1.09 bits per heavy atom. The van der Waals surface area contributed by atoms with Crippen LogP contribution in [0.15, 0.2) is 48.5 Å². The number of alkyl halides is 3. The van der Waals surface area contributed by atoms with E-state index in [9.17, 15) is 18.0 Å². The summed E-state index contributed by atoms with van der Waals surface area (Å²) >= 11 is 0. The van der Waals surface area contributed by atoms with Crippen LogP contribution < -0.4 is 14.2 Å². The molecule has 1 aliphatic rings. The lowest BCUT2D eigenvalue weighted by molar-refractivity contribution is -0.275.